The van der Waals surface area contributed by atoms with Crippen molar-refractivity contribution in [3.05, 3.63) is 24.2 Å². The topological polar surface area (TPSA) is 13.1 Å². The summed E-state index contributed by atoms with van der Waals surface area (Å²) in [6.45, 7) is 0. The number of rotatable bonds is 3. The van der Waals surface area contributed by atoms with Crippen molar-refractivity contribution < 1.29 is 4.42 Å². The zero-order valence-corrected chi connectivity index (χ0v) is 9.67. The lowest BCUT2D eigenvalue weighted by atomic mass is 9.71. The molecule has 2 heteroatoms. The maximum absolute atomic E-state index is 6.24. The Labute approximate surface area is 95.8 Å². The highest BCUT2D eigenvalue weighted by molar-refractivity contribution is 6.18. The van der Waals surface area contributed by atoms with Crippen molar-refractivity contribution in [1.82, 2.24) is 0 Å². The van der Waals surface area contributed by atoms with Crippen LogP contribution >= 0.6 is 11.6 Å². The summed E-state index contributed by atoms with van der Waals surface area (Å²) >= 11 is 6.24. The largest absolute Gasteiger partial charge is 0.472 e. The molecule has 2 fully saturated rings. The predicted molar refractivity (Wildman–Crippen MR) is 61.0 cm³/mol. The van der Waals surface area contributed by atoms with Crippen LogP contribution in [0.3, 0.4) is 0 Å². The Hall–Kier alpha value is -0.430. The van der Waals surface area contributed by atoms with Gasteiger partial charge in [-0.15, -0.1) is 11.6 Å². The van der Waals surface area contributed by atoms with Crippen LogP contribution in [-0.4, -0.2) is 5.88 Å². The third-order valence-electron chi connectivity index (χ3n) is 4.50. The highest BCUT2D eigenvalue weighted by Gasteiger charge is 2.50. The van der Waals surface area contributed by atoms with E-state index >= 15 is 0 Å². The Bertz CT molecular complexity index is 332. The second-order valence-corrected chi connectivity index (χ2v) is 5.65. The number of fused-ring (bicyclic) bond motifs is 2. The first kappa shape index (κ1) is 9.77. The van der Waals surface area contributed by atoms with E-state index in [0.29, 0.717) is 5.41 Å². The van der Waals surface area contributed by atoms with Gasteiger partial charge >= 0.3 is 0 Å². The summed E-state index contributed by atoms with van der Waals surface area (Å²) in [7, 11) is 0. The first-order valence-corrected chi connectivity index (χ1v) is 6.43. The van der Waals surface area contributed by atoms with Crippen molar-refractivity contribution in [3.8, 4) is 0 Å². The van der Waals surface area contributed by atoms with Gasteiger partial charge in [0.15, 0.2) is 0 Å². The second-order valence-electron chi connectivity index (χ2n) is 5.38. The predicted octanol–water partition coefficient (Wildman–Crippen LogP) is 3.87. The van der Waals surface area contributed by atoms with Gasteiger partial charge in [0.25, 0.3) is 0 Å². The Morgan fingerprint density at radius 1 is 1.47 bits per heavy atom. The van der Waals surface area contributed by atoms with Crippen molar-refractivity contribution in [2.75, 3.05) is 5.88 Å². The molecule has 2 aliphatic carbocycles. The van der Waals surface area contributed by atoms with Crippen LogP contribution < -0.4 is 0 Å². The highest BCUT2D eigenvalue weighted by atomic mass is 35.5. The molecule has 0 saturated heterocycles. The van der Waals surface area contributed by atoms with Crippen LogP contribution in [0.15, 0.2) is 23.0 Å². The minimum absolute atomic E-state index is 0.383. The van der Waals surface area contributed by atoms with Gasteiger partial charge in [0, 0.05) is 5.88 Å². The lowest BCUT2D eigenvalue weighted by Gasteiger charge is -2.35. The van der Waals surface area contributed by atoms with Crippen molar-refractivity contribution in [2.24, 2.45) is 17.3 Å². The third-order valence-corrected chi connectivity index (χ3v) is 5.04. The molecule has 2 saturated carbocycles. The fourth-order valence-corrected chi connectivity index (χ4v) is 4.21. The Kier molecular flexibility index (Phi) is 2.31. The lowest BCUT2D eigenvalue weighted by molar-refractivity contribution is 0.193. The van der Waals surface area contributed by atoms with E-state index in [2.05, 4.69) is 6.07 Å². The van der Waals surface area contributed by atoms with Gasteiger partial charge in [-0.2, -0.15) is 0 Å². The van der Waals surface area contributed by atoms with Gasteiger partial charge in [-0.05, 0) is 54.6 Å². The van der Waals surface area contributed by atoms with Gasteiger partial charge in [-0.1, -0.05) is 6.42 Å². The van der Waals surface area contributed by atoms with Crippen LogP contribution in [0.25, 0.3) is 0 Å². The quantitative estimate of drug-likeness (QED) is 0.711. The maximum Gasteiger partial charge on any atom is 0.0934 e. The first-order valence-electron chi connectivity index (χ1n) is 5.89. The van der Waals surface area contributed by atoms with Crippen molar-refractivity contribution in [2.45, 2.75) is 32.1 Å². The molecule has 3 unspecified atom stereocenters. The van der Waals surface area contributed by atoms with Crippen molar-refractivity contribution in [1.29, 1.82) is 0 Å². The molecule has 3 atom stereocenters. The number of halogens is 1. The van der Waals surface area contributed by atoms with Crippen LogP contribution in [0, 0.1) is 17.3 Å². The molecule has 2 bridgehead atoms. The van der Waals surface area contributed by atoms with E-state index in [0.717, 1.165) is 24.1 Å². The van der Waals surface area contributed by atoms with Crippen LogP contribution in [-0.2, 0) is 6.42 Å². The summed E-state index contributed by atoms with van der Waals surface area (Å²) in [5.74, 6) is 2.65. The summed E-state index contributed by atoms with van der Waals surface area (Å²) in [6, 6.07) is 2.08. The van der Waals surface area contributed by atoms with Crippen LogP contribution in [0.1, 0.15) is 31.2 Å². The van der Waals surface area contributed by atoms with Crippen LogP contribution in [0.5, 0.6) is 0 Å². The molecule has 3 rings (SSSR count). The molecular weight excluding hydrogens is 208 g/mol. The fraction of sp³-hybridized carbons (Fsp3) is 0.692. The molecule has 1 nitrogen and oxygen atoms in total. The van der Waals surface area contributed by atoms with E-state index in [1.54, 1.807) is 6.26 Å². The van der Waals surface area contributed by atoms with Crippen molar-refractivity contribution >= 4 is 11.6 Å². The zero-order valence-electron chi connectivity index (χ0n) is 8.92. The summed E-state index contributed by atoms with van der Waals surface area (Å²) in [4.78, 5) is 0. The summed E-state index contributed by atoms with van der Waals surface area (Å²) in [6.07, 6.45) is 10.4. The molecule has 0 aliphatic heterocycles. The second kappa shape index (κ2) is 3.55. The van der Waals surface area contributed by atoms with E-state index < -0.39 is 0 Å². The van der Waals surface area contributed by atoms with E-state index in [-0.39, 0.29) is 0 Å². The maximum atomic E-state index is 6.24. The van der Waals surface area contributed by atoms with Gasteiger partial charge in [-0.3, -0.25) is 0 Å². The minimum atomic E-state index is 0.383. The molecule has 1 aromatic rings. The summed E-state index contributed by atoms with van der Waals surface area (Å²) in [5, 5.41) is 0. The molecule has 82 valence electrons. The zero-order chi connectivity index (χ0) is 10.3. The molecule has 0 amide bonds. The highest BCUT2D eigenvalue weighted by Crippen LogP contribution is 2.57. The van der Waals surface area contributed by atoms with Crippen LogP contribution in [0.4, 0.5) is 0 Å². The van der Waals surface area contributed by atoms with E-state index in [4.69, 9.17) is 16.0 Å². The molecule has 15 heavy (non-hydrogen) atoms. The van der Waals surface area contributed by atoms with Gasteiger partial charge in [0.2, 0.25) is 0 Å². The number of hydrogen-bond donors (Lipinski definition) is 0. The molecule has 1 aromatic heterocycles. The molecular formula is C13H17ClO. The molecule has 0 aromatic carbocycles. The molecule has 2 aliphatic rings. The molecule has 0 spiro atoms. The van der Waals surface area contributed by atoms with Gasteiger partial charge in [0.05, 0.1) is 12.5 Å². The molecule has 0 radical (unpaired) electrons. The van der Waals surface area contributed by atoms with E-state index in [1.807, 2.05) is 6.26 Å². The standard InChI is InChI=1S/C13H17ClO/c14-9-13(7-11-3-4-15-8-11)6-10-1-2-12(13)5-10/h3-4,8,10,12H,1-2,5-7,9H2. The summed E-state index contributed by atoms with van der Waals surface area (Å²) in [5.41, 5.74) is 1.71. The normalized spacial score (nSPS) is 38.7. The Balaban J connectivity index is 1.82. The van der Waals surface area contributed by atoms with Gasteiger partial charge in [-0.25, -0.2) is 0 Å². The molecule has 0 N–H and O–H groups in total. The Morgan fingerprint density at radius 3 is 2.93 bits per heavy atom. The monoisotopic (exact) mass is 224 g/mol. The SMILES string of the molecule is ClCC1(Cc2ccoc2)CC2CCC1C2. The summed E-state index contributed by atoms with van der Waals surface area (Å²) < 4.78 is 5.15. The first-order chi connectivity index (χ1) is 7.32. The number of hydrogen-bond acceptors (Lipinski definition) is 1. The minimum Gasteiger partial charge on any atom is -0.472 e. The smallest absolute Gasteiger partial charge is 0.0934 e. The Morgan fingerprint density at radius 2 is 2.40 bits per heavy atom. The number of alkyl halides is 1. The van der Waals surface area contributed by atoms with Gasteiger partial charge in [0.1, 0.15) is 0 Å². The molecule has 1 heterocycles. The fourth-order valence-electron chi connectivity index (χ4n) is 3.79. The van der Waals surface area contributed by atoms with Crippen molar-refractivity contribution in [3.63, 3.8) is 0 Å². The van der Waals surface area contributed by atoms with Gasteiger partial charge < -0.3 is 4.42 Å². The van der Waals surface area contributed by atoms with Crippen LogP contribution in [0.2, 0.25) is 0 Å². The average Bonchev–Trinajstić information content (AvgIpc) is 2.93. The average molecular weight is 225 g/mol. The van der Waals surface area contributed by atoms with E-state index in [1.165, 1.54) is 31.2 Å². The number of furan rings is 1. The van der Waals surface area contributed by atoms with E-state index in [9.17, 15) is 0 Å². The third kappa shape index (κ3) is 1.52. The lowest BCUT2D eigenvalue weighted by Crippen LogP contribution is -2.32.